The van der Waals surface area contributed by atoms with Crippen molar-refractivity contribution in [2.75, 3.05) is 0 Å². The van der Waals surface area contributed by atoms with Crippen molar-refractivity contribution < 1.29 is 4.79 Å². The summed E-state index contributed by atoms with van der Waals surface area (Å²) in [7, 11) is 0. The molecule has 1 aromatic carbocycles. The largest absolute Gasteiger partial charge is 0.299 e. The van der Waals surface area contributed by atoms with Gasteiger partial charge in [-0.1, -0.05) is 29.3 Å². The second kappa shape index (κ2) is 6.20. The third-order valence-electron chi connectivity index (χ3n) is 2.39. The summed E-state index contributed by atoms with van der Waals surface area (Å²) in [6, 6.07) is 9.20. The average Bonchev–Trinajstić information content (AvgIpc) is 2.69. The highest BCUT2D eigenvalue weighted by atomic mass is 79.9. The van der Waals surface area contributed by atoms with E-state index in [1.807, 2.05) is 18.2 Å². The molecule has 0 atom stereocenters. The van der Waals surface area contributed by atoms with E-state index in [1.54, 1.807) is 23.5 Å². The standard InChI is InChI=1S/C13H9BrCl2OS/c14-13-4-2-10(18-13)7-9(17)5-8-1-3-11(15)12(16)6-8/h1-4,6H,5,7H2. The molecule has 0 saturated carbocycles. The molecule has 0 aliphatic rings. The molecule has 0 aliphatic heterocycles. The number of benzene rings is 1. The number of ketones is 1. The van der Waals surface area contributed by atoms with Gasteiger partial charge in [-0.25, -0.2) is 0 Å². The van der Waals surface area contributed by atoms with Gasteiger partial charge in [-0.2, -0.15) is 0 Å². The summed E-state index contributed by atoms with van der Waals surface area (Å²) in [4.78, 5) is 13.0. The van der Waals surface area contributed by atoms with Crippen LogP contribution in [0.3, 0.4) is 0 Å². The van der Waals surface area contributed by atoms with Gasteiger partial charge in [-0.05, 0) is 45.8 Å². The monoisotopic (exact) mass is 362 g/mol. The number of hydrogen-bond donors (Lipinski definition) is 0. The van der Waals surface area contributed by atoms with Gasteiger partial charge >= 0.3 is 0 Å². The summed E-state index contributed by atoms with van der Waals surface area (Å²) in [5, 5.41) is 0.996. The maximum atomic E-state index is 11.9. The topological polar surface area (TPSA) is 17.1 Å². The van der Waals surface area contributed by atoms with Crippen molar-refractivity contribution in [3.63, 3.8) is 0 Å². The summed E-state index contributed by atoms with van der Waals surface area (Å²) in [5.74, 6) is 0.169. The van der Waals surface area contributed by atoms with E-state index < -0.39 is 0 Å². The van der Waals surface area contributed by atoms with Gasteiger partial charge in [0.25, 0.3) is 0 Å². The van der Waals surface area contributed by atoms with Crippen molar-refractivity contribution in [1.29, 1.82) is 0 Å². The number of rotatable bonds is 4. The lowest BCUT2D eigenvalue weighted by atomic mass is 10.1. The first-order valence-corrected chi connectivity index (χ1v) is 7.61. The molecule has 0 radical (unpaired) electrons. The van der Waals surface area contributed by atoms with E-state index >= 15 is 0 Å². The van der Waals surface area contributed by atoms with Crippen molar-refractivity contribution in [3.8, 4) is 0 Å². The molecule has 94 valence electrons. The number of carbonyl (C=O) groups is 1. The van der Waals surface area contributed by atoms with Crippen LogP contribution >= 0.6 is 50.5 Å². The van der Waals surface area contributed by atoms with Crippen molar-refractivity contribution >= 4 is 56.3 Å². The van der Waals surface area contributed by atoms with Crippen LogP contribution in [0.5, 0.6) is 0 Å². The molecule has 0 bridgehead atoms. The molecule has 5 heteroatoms. The van der Waals surface area contributed by atoms with Crippen LogP contribution in [0.25, 0.3) is 0 Å². The average molecular weight is 364 g/mol. The third-order valence-corrected chi connectivity index (χ3v) is 4.75. The van der Waals surface area contributed by atoms with Gasteiger partial charge in [-0.3, -0.25) is 4.79 Å². The van der Waals surface area contributed by atoms with Crippen LogP contribution in [-0.2, 0) is 17.6 Å². The Morgan fingerprint density at radius 2 is 1.89 bits per heavy atom. The molecule has 0 fully saturated rings. The Hall–Kier alpha value is -0.350. The normalized spacial score (nSPS) is 10.6. The zero-order chi connectivity index (χ0) is 13.1. The van der Waals surface area contributed by atoms with Gasteiger partial charge in [0.1, 0.15) is 5.78 Å². The quantitative estimate of drug-likeness (QED) is 0.732. The highest BCUT2D eigenvalue weighted by Crippen LogP contribution is 2.24. The minimum Gasteiger partial charge on any atom is -0.299 e. The van der Waals surface area contributed by atoms with Crippen molar-refractivity contribution in [2.45, 2.75) is 12.8 Å². The maximum absolute atomic E-state index is 11.9. The molecule has 1 nitrogen and oxygen atoms in total. The molecular weight excluding hydrogens is 355 g/mol. The van der Waals surface area contributed by atoms with E-state index in [1.165, 1.54) is 0 Å². The van der Waals surface area contributed by atoms with Crippen LogP contribution in [0, 0.1) is 0 Å². The molecule has 0 aliphatic carbocycles. The Labute approximate surface area is 128 Å². The minimum atomic E-state index is 0.169. The van der Waals surface area contributed by atoms with Crippen LogP contribution in [0.1, 0.15) is 10.4 Å². The molecule has 2 rings (SSSR count). The molecule has 0 saturated heterocycles. The Balaban J connectivity index is 2.00. The summed E-state index contributed by atoms with van der Waals surface area (Å²) in [6.07, 6.45) is 0.836. The molecule has 0 unspecified atom stereocenters. The summed E-state index contributed by atoms with van der Waals surface area (Å²) >= 11 is 16.7. The highest BCUT2D eigenvalue weighted by molar-refractivity contribution is 9.11. The number of Topliss-reactive ketones (excluding diaryl/α,β-unsaturated/α-hetero) is 1. The second-order valence-electron chi connectivity index (χ2n) is 3.85. The second-order valence-corrected chi connectivity index (χ2v) is 7.21. The lowest BCUT2D eigenvalue weighted by Gasteiger charge is -2.02. The van der Waals surface area contributed by atoms with Crippen LogP contribution in [0.15, 0.2) is 34.1 Å². The fourth-order valence-corrected chi connectivity index (χ4v) is 3.41. The van der Waals surface area contributed by atoms with Gasteiger partial charge in [0.2, 0.25) is 0 Å². The maximum Gasteiger partial charge on any atom is 0.142 e. The number of halogens is 3. The highest BCUT2D eigenvalue weighted by Gasteiger charge is 2.08. The predicted molar refractivity (Wildman–Crippen MR) is 80.9 cm³/mol. The molecule has 1 heterocycles. The number of hydrogen-bond acceptors (Lipinski definition) is 2. The van der Waals surface area contributed by atoms with Crippen LogP contribution in [-0.4, -0.2) is 5.78 Å². The van der Waals surface area contributed by atoms with Crippen molar-refractivity contribution in [1.82, 2.24) is 0 Å². The lowest BCUT2D eigenvalue weighted by Crippen LogP contribution is -2.05. The van der Waals surface area contributed by atoms with E-state index in [0.29, 0.717) is 22.9 Å². The SMILES string of the molecule is O=C(Cc1ccc(Cl)c(Cl)c1)Cc1ccc(Br)s1. The molecule has 0 N–H and O–H groups in total. The van der Waals surface area contributed by atoms with Gasteiger partial charge in [0.15, 0.2) is 0 Å². The Morgan fingerprint density at radius 1 is 1.11 bits per heavy atom. The van der Waals surface area contributed by atoms with Crippen molar-refractivity contribution in [2.24, 2.45) is 0 Å². The fraction of sp³-hybridized carbons (Fsp3) is 0.154. The minimum absolute atomic E-state index is 0.169. The molecule has 0 amide bonds. The molecule has 2 aromatic rings. The predicted octanol–water partition coefficient (Wildman–Crippen LogP) is 5.17. The van der Waals surface area contributed by atoms with Gasteiger partial charge in [0, 0.05) is 17.7 Å². The zero-order valence-corrected chi connectivity index (χ0v) is 13.2. The van der Waals surface area contributed by atoms with Crippen LogP contribution in [0.4, 0.5) is 0 Å². The Morgan fingerprint density at radius 3 is 2.50 bits per heavy atom. The van der Waals surface area contributed by atoms with Gasteiger partial charge < -0.3 is 0 Å². The molecule has 0 spiro atoms. The smallest absolute Gasteiger partial charge is 0.142 e. The van der Waals surface area contributed by atoms with Gasteiger partial charge in [0.05, 0.1) is 13.8 Å². The lowest BCUT2D eigenvalue weighted by molar-refractivity contribution is -0.117. The van der Waals surface area contributed by atoms with Crippen molar-refractivity contribution in [3.05, 3.63) is 54.6 Å². The third kappa shape index (κ3) is 3.82. The van der Waals surface area contributed by atoms with Crippen LogP contribution < -0.4 is 0 Å². The van der Waals surface area contributed by atoms with E-state index in [9.17, 15) is 4.79 Å². The summed E-state index contributed by atoms with van der Waals surface area (Å²) in [5.41, 5.74) is 0.894. The van der Waals surface area contributed by atoms with Gasteiger partial charge in [-0.15, -0.1) is 11.3 Å². The summed E-state index contributed by atoms with van der Waals surface area (Å²) in [6.45, 7) is 0. The Bertz CT molecular complexity index is 580. The summed E-state index contributed by atoms with van der Waals surface area (Å²) < 4.78 is 1.04. The molecule has 1 aromatic heterocycles. The van der Waals surface area contributed by atoms with E-state index in [-0.39, 0.29) is 5.78 Å². The van der Waals surface area contributed by atoms with E-state index in [0.717, 1.165) is 14.2 Å². The first-order chi connectivity index (χ1) is 8.54. The first kappa shape index (κ1) is 14.1. The first-order valence-electron chi connectivity index (χ1n) is 5.24. The molecular formula is C13H9BrCl2OS. The number of carbonyl (C=O) groups excluding carboxylic acids is 1. The fourth-order valence-electron chi connectivity index (χ4n) is 1.58. The van der Waals surface area contributed by atoms with Crippen LogP contribution in [0.2, 0.25) is 10.0 Å². The zero-order valence-electron chi connectivity index (χ0n) is 9.25. The van der Waals surface area contributed by atoms with E-state index in [2.05, 4.69) is 15.9 Å². The number of thiophene rings is 1. The molecule has 18 heavy (non-hydrogen) atoms. The Kier molecular flexibility index (Phi) is 4.84. The van der Waals surface area contributed by atoms with E-state index in [4.69, 9.17) is 23.2 Å².